The van der Waals surface area contributed by atoms with Crippen LogP contribution in [0.15, 0.2) is 29.3 Å². The molecule has 0 bridgehead atoms. The molecule has 0 saturated heterocycles. The van der Waals surface area contributed by atoms with Crippen LogP contribution >= 0.6 is 27.5 Å². The fourth-order valence-corrected chi connectivity index (χ4v) is 2.35. The third-order valence-corrected chi connectivity index (χ3v) is 2.95. The number of halogens is 2. The molecule has 1 aromatic carbocycles. The van der Waals surface area contributed by atoms with Crippen LogP contribution in [0.1, 0.15) is 6.92 Å². The van der Waals surface area contributed by atoms with Crippen LogP contribution in [0.2, 0.25) is 5.02 Å². The lowest BCUT2D eigenvalue weighted by atomic mass is 10.3. The van der Waals surface area contributed by atoms with Crippen molar-refractivity contribution in [1.29, 1.82) is 0 Å². The van der Waals surface area contributed by atoms with Gasteiger partial charge in [-0.15, -0.1) is 6.58 Å². The van der Waals surface area contributed by atoms with Gasteiger partial charge in [-0.25, -0.2) is 0 Å². The maximum absolute atomic E-state index is 11.7. The number of hydrogen-bond acceptors (Lipinski definition) is 3. The van der Waals surface area contributed by atoms with Gasteiger partial charge in [-0.05, 0) is 35.0 Å². The van der Waals surface area contributed by atoms with Gasteiger partial charge in [0.1, 0.15) is 0 Å². The summed E-state index contributed by atoms with van der Waals surface area (Å²) in [6, 6.07) is 3.38. The van der Waals surface area contributed by atoms with E-state index in [1.807, 2.05) is 6.92 Å². The molecular formula is C13H16BrClN2O2. The summed E-state index contributed by atoms with van der Waals surface area (Å²) in [5, 5.41) is 6.20. The van der Waals surface area contributed by atoms with Crippen molar-refractivity contribution < 1.29 is 9.53 Å². The van der Waals surface area contributed by atoms with Gasteiger partial charge < -0.3 is 15.4 Å². The highest BCUT2D eigenvalue weighted by molar-refractivity contribution is 9.10. The van der Waals surface area contributed by atoms with E-state index in [0.717, 1.165) is 0 Å². The average Bonchev–Trinajstić information content (AvgIpc) is 2.34. The lowest BCUT2D eigenvalue weighted by molar-refractivity contribution is -0.115. The van der Waals surface area contributed by atoms with Gasteiger partial charge in [-0.1, -0.05) is 17.7 Å². The van der Waals surface area contributed by atoms with Gasteiger partial charge in [0.05, 0.1) is 23.3 Å². The van der Waals surface area contributed by atoms with Crippen LogP contribution in [-0.4, -0.2) is 25.6 Å². The molecule has 0 aliphatic rings. The third-order valence-electron chi connectivity index (χ3n) is 2.15. The quantitative estimate of drug-likeness (QED) is 0.588. The Bertz CT molecular complexity index is 466. The van der Waals surface area contributed by atoms with Crippen molar-refractivity contribution in [1.82, 2.24) is 5.32 Å². The Kier molecular flexibility index (Phi) is 6.91. The van der Waals surface area contributed by atoms with E-state index in [9.17, 15) is 4.79 Å². The summed E-state index contributed by atoms with van der Waals surface area (Å²) in [4.78, 5) is 11.7. The molecular weight excluding hydrogens is 332 g/mol. The highest BCUT2D eigenvalue weighted by atomic mass is 79.9. The molecule has 19 heavy (non-hydrogen) atoms. The minimum atomic E-state index is -0.169. The van der Waals surface area contributed by atoms with E-state index in [1.165, 1.54) is 0 Å². The second-order valence-electron chi connectivity index (χ2n) is 3.67. The zero-order valence-electron chi connectivity index (χ0n) is 10.6. The van der Waals surface area contributed by atoms with Gasteiger partial charge in [0.25, 0.3) is 0 Å². The molecule has 0 unspecified atom stereocenters. The van der Waals surface area contributed by atoms with Crippen molar-refractivity contribution in [2.75, 3.05) is 25.0 Å². The summed E-state index contributed by atoms with van der Waals surface area (Å²) in [5.74, 6) is 0.404. The standard InChI is InChI=1S/C13H16BrClN2O2/c1-3-5-16-8-12(18)17-11-7-9(15)6-10(14)13(11)19-4-2/h3,6-7,16H,1,4-5,8H2,2H3,(H,17,18). The molecule has 6 heteroatoms. The lowest BCUT2D eigenvalue weighted by Gasteiger charge is -2.14. The Morgan fingerprint density at radius 1 is 1.58 bits per heavy atom. The maximum atomic E-state index is 11.7. The largest absolute Gasteiger partial charge is 0.491 e. The van der Waals surface area contributed by atoms with E-state index >= 15 is 0 Å². The number of hydrogen-bond donors (Lipinski definition) is 2. The number of rotatable bonds is 7. The first-order valence-corrected chi connectivity index (χ1v) is 6.98. The van der Waals surface area contributed by atoms with Crippen LogP contribution in [0, 0.1) is 0 Å². The average molecular weight is 348 g/mol. The van der Waals surface area contributed by atoms with E-state index in [-0.39, 0.29) is 12.5 Å². The summed E-state index contributed by atoms with van der Waals surface area (Å²) < 4.78 is 6.20. The summed E-state index contributed by atoms with van der Waals surface area (Å²) >= 11 is 9.33. The van der Waals surface area contributed by atoms with Gasteiger partial charge in [0.2, 0.25) is 5.91 Å². The van der Waals surface area contributed by atoms with Crippen LogP contribution in [0.3, 0.4) is 0 Å². The van der Waals surface area contributed by atoms with Crippen molar-refractivity contribution in [2.24, 2.45) is 0 Å². The fraction of sp³-hybridized carbons (Fsp3) is 0.308. The highest BCUT2D eigenvalue weighted by Crippen LogP contribution is 2.36. The Morgan fingerprint density at radius 3 is 2.95 bits per heavy atom. The Hall–Kier alpha value is -1.04. The van der Waals surface area contributed by atoms with E-state index < -0.39 is 0 Å². The van der Waals surface area contributed by atoms with Crippen molar-refractivity contribution in [3.05, 3.63) is 34.3 Å². The molecule has 1 amide bonds. The molecule has 104 valence electrons. The van der Waals surface area contributed by atoms with E-state index in [2.05, 4.69) is 33.1 Å². The molecule has 4 nitrogen and oxygen atoms in total. The predicted octanol–water partition coefficient (Wildman–Crippen LogP) is 3.22. The minimum Gasteiger partial charge on any atom is -0.491 e. The van der Waals surface area contributed by atoms with Crippen molar-refractivity contribution in [3.63, 3.8) is 0 Å². The molecule has 2 N–H and O–H groups in total. The number of amides is 1. The van der Waals surface area contributed by atoms with Crippen molar-refractivity contribution >= 4 is 39.1 Å². The Balaban J connectivity index is 2.80. The van der Waals surface area contributed by atoms with Crippen molar-refractivity contribution in [2.45, 2.75) is 6.92 Å². The van der Waals surface area contributed by atoms with Gasteiger partial charge >= 0.3 is 0 Å². The van der Waals surface area contributed by atoms with E-state index in [0.29, 0.717) is 34.1 Å². The smallest absolute Gasteiger partial charge is 0.238 e. The van der Waals surface area contributed by atoms with Gasteiger partial charge in [0, 0.05) is 11.6 Å². The second kappa shape index (κ2) is 8.19. The van der Waals surface area contributed by atoms with E-state index in [4.69, 9.17) is 16.3 Å². The monoisotopic (exact) mass is 346 g/mol. The van der Waals surface area contributed by atoms with Gasteiger partial charge in [-0.2, -0.15) is 0 Å². The van der Waals surface area contributed by atoms with Crippen LogP contribution in [0.25, 0.3) is 0 Å². The van der Waals surface area contributed by atoms with E-state index in [1.54, 1.807) is 18.2 Å². The van der Waals surface area contributed by atoms with Crippen LogP contribution < -0.4 is 15.4 Å². The number of nitrogens with one attached hydrogen (secondary N) is 2. The molecule has 1 rings (SSSR count). The Labute approximate surface area is 126 Å². The maximum Gasteiger partial charge on any atom is 0.238 e. The number of benzene rings is 1. The fourth-order valence-electron chi connectivity index (χ4n) is 1.43. The second-order valence-corrected chi connectivity index (χ2v) is 4.96. The first-order valence-electron chi connectivity index (χ1n) is 5.81. The summed E-state index contributed by atoms with van der Waals surface area (Å²) in [6.07, 6.45) is 1.69. The molecule has 0 heterocycles. The number of ether oxygens (including phenoxy) is 1. The molecule has 0 saturated carbocycles. The molecule has 0 atom stereocenters. The molecule has 1 aromatic rings. The zero-order valence-corrected chi connectivity index (χ0v) is 13.0. The van der Waals surface area contributed by atoms with Crippen LogP contribution in [-0.2, 0) is 4.79 Å². The number of carbonyl (C=O) groups excluding carboxylic acids is 1. The Morgan fingerprint density at radius 2 is 2.32 bits per heavy atom. The van der Waals surface area contributed by atoms with Crippen molar-refractivity contribution in [3.8, 4) is 5.75 Å². The summed E-state index contributed by atoms with van der Waals surface area (Å²) in [6.45, 7) is 6.71. The first kappa shape index (κ1) is 16.0. The molecule has 0 aliphatic carbocycles. The van der Waals surface area contributed by atoms with Crippen LogP contribution in [0.5, 0.6) is 5.75 Å². The summed E-state index contributed by atoms with van der Waals surface area (Å²) in [7, 11) is 0. The SMILES string of the molecule is C=CCNCC(=O)Nc1cc(Cl)cc(Br)c1OCC. The van der Waals surface area contributed by atoms with Gasteiger partial charge in [-0.3, -0.25) is 4.79 Å². The summed E-state index contributed by atoms with van der Waals surface area (Å²) in [5.41, 5.74) is 0.548. The first-order chi connectivity index (χ1) is 9.08. The molecule has 0 aromatic heterocycles. The number of carbonyl (C=O) groups is 1. The molecule has 0 spiro atoms. The molecule has 0 aliphatic heterocycles. The normalized spacial score (nSPS) is 10.1. The zero-order chi connectivity index (χ0) is 14.3. The highest BCUT2D eigenvalue weighted by Gasteiger charge is 2.12. The van der Waals surface area contributed by atoms with Gasteiger partial charge in [0.15, 0.2) is 5.75 Å². The minimum absolute atomic E-state index is 0.169. The van der Waals surface area contributed by atoms with Crippen LogP contribution in [0.4, 0.5) is 5.69 Å². The predicted molar refractivity (Wildman–Crippen MR) is 82.0 cm³/mol. The topological polar surface area (TPSA) is 50.4 Å². The third kappa shape index (κ3) is 5.22. The number of anilines is 1. The molecule has 0 fully saturated rings. The lowest BCUT2D eigenvalue weighted by Crippen LogP contribution is -2.28. The molecule has 0 radical (unpaired) electrons.